The van der Waals surface area contributed by atoms with Gasteiger partial charge in [0.15, 0.2) is 0 Å². The van der Waals surface area contributed by atoms with Crippen LogP contribution in [-0.4, -0.2) is 41.7 Å². The van der Waals surface area contributed by atoms with Gasteiger partial charge in [0.25, 0.3) is 0 Å². The van der Waals surface area contributed by atoms with E-state index < -0.39 is 0 Å². The van der Waals surface area contributed by atoms with Crippen LogP contribution in [0.1, 0.15) is 30.7 Å². The number of hydrogen-bond acceptors (Lipinski definition) is 3. The molecule has 2 heterocycles. The van der Waals surface area contributed by atoms with Crippen LogP contribution in [0.15, 0.2) is 24.3 Å². The molecule has 1 aromatic rings. The molecular formula is C15H19NO3. The molecule has 1 N–H and O–H groups in total. The highest BCUT2D eigenvalue weighted by molar-refractivity contribution is 5.85. The first-order chi connectivity index (χ1) is 9.25. The van der Waals surface area contributed by atoms with E-state index in [1.807, 2.05) is 29.2 Å². The molecule has 0 radical (unpaired) electrons. The van der Waals surface area contributed by atoms with Gasteiger partial charge >= 0.3 is 0 Å². The first-order valence-corrected chi connectivity index (χ1v) is 6.94. The van der Waals surface area contributed by atoms with Gasteiger partial charge in [-0.2, -0.15) is 0 Å². The van der Waals surface area contributed by atoms with Crippen molar-refractivity contribution in [1.82, 2.24) is 4.90 Å². The maximum absolute atomic E-state index is 12.6. The number of hydrogen-bond donors (Lipinski definition) is 1. The van der Waals surface area contributed by atoms with Crippen molar-refractivity contribution in [1.29, 1.82) is 0 Å². The molecule has 4 heteroatoms. The quantitative estimate of drug-likeness (QED) is 0.834. The fraction of sp³-hybridized carbons (Fsp3) is 0.533. The highest BCUT2D eigenvalue weighted by atomic mass is 16.5. The van der Waals surface area contributed by atoms with Crippen LogP contribution in [0.5, 0.6) is 5.75 Å². The molecule has 102 valence electrons. The number of aliphatic hydroxyl groups excluding tert-OH is 1. The van der Waals surface area contributed by atoms with Crippen molar-refractivity contribution >= 4 is 5.91 Å². The topological polar surface area (TPSA) is 49.8 Å². The van der Waals surface area contributed by atoms with Crippen molar-refractivity contribution in [3.05, 3.63) is 29.8 Å². The number of nitrogens with zero attached hydrogens (tertiary/aromatic N) is 1. The second-order valence-electron chi connectivity index (χ2n) is 5.28. The monoisotopic (exact) mass is 261 g/mol. The van der Waals surface area contributed by atoms with Crippen molar-refractivity contribution in [3.8, 4) is 5.75 Å². The number of benzene rings is 1. The van der Waals surface area contributed by atoms with Crippen LogP contribution >= 0.6 is 0 Å². The summed E-state index contributed by atoms with van der Waals surface area (Å²) in [7, 11) is 0. The first-order valence-electron chi connectivity index (χ1n) is 6.94. The average molecular weight is 261 g/mol. The Labute approximate surface area is 113 Å². The third kappa shape index (κ3) is 2.45. The van der Waals surface area contributed by atoms with E-state index >= 15 is 0 Å². The minimum Gasteiger partial charge on any atom is -0.493 e. The van der Waals surface area contributed by atoms with Crippen molar-refractivity contribution in [3.63, 3.8) is 0 Å². The Morgan fingerprint density at radius 1 is 1.21 bits per heavy atom. The summed E-state index contributed by atoms with van der Waals surface area (Å²) in [6, 6.07) is 7.79. The Bertz CT molecular complexity index is 466. The van der Waals surface area contributed by atoms with Crippen LogP contribution in [0.25, 0.3) is 0 Å². The summed E-state index contributed by atoms with van der Waals surface area (Å²) >= 11 is 0. The molecule has 1 atom stereocenters. The van der Waals surface area contributed by atoms with E-state index in [-0.39, 0.29) is 17.9 Å². The second kappa shape index (κ2) is 5.21. The van der Waals surface area contributed by atoms with Crippen LogP contribution in [0.2, 0.25) is 0 Å². The maximum atomic E-state index is 12.6. The van der Waals surface area contributed by atoms with E-state index in [0.717, 1.165) is 17.7 Å². The largest absolute Gasteiger partial charge is 0.493 e. The molecule has 0 spiro atoms. The summed E-state index contributed by atoms with van der Waals surface area (Å²) in [4.78, 5) is 14.5. The van der Waals surface area contributed by atoms with Crippen molar-refractivity contribution < 1.29 is 14.6 Å². The molecular weight excluding hydrogens is 242 g/mol. The van der Waals surface area contributed by atoms with Crippen LogP contribution in [-0.2, 0) is 4.79 Å². The van der Waals surface area contributed by atoms with Gasteiger partial charge in [-0.15, -0.1) is 0 Å². The molecule has 2 aliphatic heterocycles. The molecule has 4 nitrogen and oxygen atoms in total. The van der Waals surface area contributed by atoms with Crippen LogP contribution in [0.4, 0.5) is 0 Å². The molecule has 2 aliphatic rings. The number of aliphatic hydroxyl groups is 1. The van der Waals surface area contributed by atoms with Crippen LogP contribution in [0, 0.1) is 0 Å². The van der Waals surface area contributed by atoms with Crippen molar-refractivity contribution in [2.45, 2.75) is 31.3 Å². The fourth-order valence-electron chi connectivity index (χ4n) is 2.91. The molecule has 1 saturated heterocycles. The Morgan fingerprint density at radius 2 is 1.95 bits per heavy atom. The summed E-state index contributed by atoms with van der Waals surface area (Å²) in [6.07, 6.45) is 1.88. The van der Waals surface area contributed by atoms with Crippen molar-refractivity contribution in [2.75, 3.05) is 19.7 Å². The Kier molecular flexibility index (Phi) is 3.42. The summed E-state index contributed by atoms with van der Waals surface area (Å²) in [5.41, 5.74) is 1.00. The molecule has 0 aromatic heterocycles. The number of para-hydroxylation sites is 1. The van der Waals surface area contributed by atoms with Crippen LogP contribution < -0.4 is 4.74 Å². The number of piperidine rings is 1. The predicted molar refractivity (Wildman–Crippen MR) is 71.1 cm³/mol. The SMILES string of the molecule is O=C(C1CCOc2ccccc21)N1CCC(O)CC1. The standard InChI is InChI=1S/C15H19NO3/c17-11-5-8-16(9-6-11)15(18)13-7-10-19-14-4-2-1-3-12(13)14/h1-4,11,13,17H,5-10H2. The fourth-order valence-corrected chi connectivity index (χ4v) is 2.91. The normalized spacial score (nSPS) is 23.6. The third-order valence-corrected chi connectivity index (χ3v) is 4.03. The number of fused-ring (bicyclic) bond motifs is 1. The van der Waals surface area contributed by atoms with Crippen LogP contribution in [0.3, 0.4) is 0 Å². The lowest BCUT2D eigenvalue weighted by molar-refractivity contribution is -0.135. The molecule has 0 saturated carbocycles. The summed E-state index contributed by atoms with van der Waals surface area (Å²) < 4.78 is 5.60. The Morgan fingerprint density at radius 3 is 2.74 bits per heavy atom. The lowest BCUT2D eigenvalue weighted by Gasteiger charge is -2.34. The van der Waals surface area contributed by atoms with E-state index in [4.69, 9.17) is 4.74 Å². The second-order valence-corrected chi connectivity index (χ2v) is 5.28. The number of rotatable bonds is 1. The summed E-state index contributed by atoms with van der Waals surface area (Å²) in [5.74, 6) is 0.937. The number of carbonyl (C=O) groups is 1. The highest BCUT2D eigenvalue weighted by Gasteiger charge is 2.32. The summed E-state index contributed by atoms with van der Waals surface area (Å²) in [5, 5.41) is 9.52. The number of carbonyl (C=O) groups excluding carboxylic acids is 1. The zero-order valence-electron chi connectivity index (χ0n) is 10.9. The smallest absolute Gasteiger partial charge is 0.230 e. The predicted octanol–water partition coefficient (Wildman–Crippen LogP) is 1.54. The molecule has 1 unspecified atom stereocenters. The van der Waals surface area contributed by atoms with Gasteiger partial charge in [0.2, 0.25) is 5.91 Å². The van der Waals surface area contributed by atoms with Gasteiger partial charge in [-0.25, -0.2) is 0 Å². The Balaban J connectivity index is 1.78. The van der Waals surface area contributed by atoms with Gasteiger partial charge in [-0.1, -0.05) is 18.2 Å². The molecule has 1 aromatic carbocycles. The van der Waals surface area contributed by atoms with E-state index in [9.17, 15) is 9.90 Å². The van der Waals surface area contributed by atoms with E-state index in [0.29, 0.717) is 32.5 Å². The Hall–Kier alpha value is -1.55. The molecule has 1 amide bonds. The highest BCUT2D eigenvalue weighted by Crippen LogP contribution is 2.35. The minimum atomic E-state index is -0.244. The zero-order chi connectivity index (χ0) is 13.2. The molecule has 1 fully saturated rings. The molecule has 0 aliphatic carbocycles. The molecule has 0 bridgehead atoms. The van der Waals surface area contributed by atoms with E-state index in [2.05, 4.69) is 0 Å². The molecule has 19 heavy (non-hydrogen) atoms. The number of amides is 1. The lowest BCUT2D eigenvalue weighted by atomic mass is 9.91. The van der Waals surface area contributed by atoms with Gasteiger partial charge in [0.1, 0.15) is 5.75 Å². The maximum Gasteiger partial charge on any atom is 0.230 e. The zero-order valence-corrected chi connectivity index (χ0v) is 10.9. The summed E-state index contributed by atoms with van der Waals surface area (Å²) in [6.45, 7) is 1.93. The van der Waals surface area contributed by atoms with E-state index in [1.54, 1.807) is 0 Å². The lowest BCUT2D eigenvalue weighted by Crippen LogP contribution is -2.43. The molecule has 3 rings (SSSR count). The van der Waals surface area contributed by atoms with Gasteiger partial charge in [0.05, 0.1) is 18.6 Å². The first kappa shape index (κ1) is 12.5. The number of ether oxygens (including phenoxy) is 1. The average Bonchev–Trinajstić information content (AvgIpc) is 2.47. The van der Waals surface area contributed by atoms with Gasteiger partial charge in [-0.05, 0) is 25.3 Å². The van der Waals surface area contributed by atoms with Gasteiger partial charge < -0.3 is 14.7 Å². The van der Waals surface area contributed by atoms with Crippen molar-refractivity contribution in [2.24, 2.45) is 0 Å². The third-order valence-electron chi connectivity index (χ3n) is 4.03. The van der Waals surface area contributed by atoms with E-state index in [1.165, 1.54) is 0 Å². The van der Waals surface area contributed by atoms with Gasteiger partial charge in [-0.3, -0.25) is 4.79 Å². The minimum absolute atomic E-state index is 0.0832. The number of likely N-dealkylation sites (tertiary alicyclic amines) is 1. The van der Waals surface area contributed by atoms with Gasteiger partial charge in [0, 0.05) is 18.7 Å².